The molecule has 0 unspecified atom stereocenters. The van der Waals surface area contributed by atoms with Crippen molar-refractivity contribution in [3.05, 3.63) is 59.7 Å². The lowest BCUT2D eigenvalue weighted by atomic mass is 10.1. The summed E-state index contributed by atoms with van der Waals surface area (Å²) in [5.74, 6) is 0.00535. The van der Waals surface area contributed by atoms with Gasteiger partial charge in [0.25, 0.3) is 0 Å². The lowest BCUT2D eigenvalue weighted by molar-refractivity contribution is 0.101. The minimum absolute atomic E-state index is 0.00535. The van der Waals surface area contributed by atoms with Crippen LogP contribution in [-0.2, 0) is 6.42 Å². The normalized spacial score (nSPS) is 10.4. The maximum atomic E-state index is 11.4. The standard InChI is InChI=1S/C18H22N2O/c1-14(21)17-11-10-16(13-18(17)19)20(2)12-6-9-15-7-4-3-5-8-15/h3-5,7-8,10-11,13H,6,9,12,19H2,1-2H3. The van der Waals surface area contributed by atoms with Gasteiger partial charge < -0.3 is 10.6 Å². The molecule has 3 heteroatoms. The number of carbonyl (C=O) groups is 1. The zero-order valence-corrected chi connectivity index (χ0v) is 12.7. The van der Waals surface area contributed by atoms with E-state index in [-0.39, 0.29) is 5.78 Å². The first-order chi connectivity index (χ1) is 10.1. The van der Waals surface area contributed by atoms with E-state index >= 15 is 0 Å². The molecule has 0 aliphatic rings. The Balaban J connectivity index is 1.93. The van der Waals surface area contributed by atoms with Crippen molar-refractivity contribution in [1.82, 2.24) is 0 Å². The Kier molecular flexibility index (Phi) is 4.99. The lowest BCUT2D eigenvalue weighted by Gasteiger charge is -2.20. The molecule has 110 valence electrons. The van der Waals surface area contributed by atoms with Crippen molar-refractivity contribution in [3.8, 4) is 0 Å². The Morgan fingerprint density at radius 2 is 1.86 bits per heavy atom. The highest BCUT2D eigenvalue weighted by molar-refractivity contribution is 5.99. The second kappa shape index (κ2) is 6.93. The zero-order chi connectivity index (χ0) is 15.2. The molecule has 2 aromatic rings. The molecule has 21 heavy (non-hydrogen) atoms. The van der Waals surface area contributed by atoms with Crippen LogP contribution in [0, 0.1) is 0 Å². The molecular weight excluding hydrogens is 260 g/mol. The Morgan fingerprint density at radius 3 is 2.48 bits per heavy atom. The van der Waals surface area contributed by atoms with Gasteiger partial charge in [0.1, 0.15) is 0 Å². The number of nitrogens with zero attached hydrogens (tertiary/aromatic N) is 1. The van der Waals surface area contributed by atoms with Gasteiger partial charge in [0, 0.05) is 30.5 Å². The molecule has 0 aliphatic heterocycles. The van der Waals surface area contributed by atoms with E-state index in [9.17, 15) is 4.79 Å². The zero-order valence-electron chi connectivity index (χ0n) is 12.7. The highest BCUT2D eigenvalue weighted by Crippen LogP contribution is 2.21. The summed E-state index contributed by atoms with van der Waals surface area (Å²) >= 11 is 0. The molecule has 2 rings (SSSR count). The average molecular weight is 282 g/mol. The molecule has 0 amide bonds. The summed E-state index contributed by atoms with van der Waals surface area (Å²) in [6, 6.07) is 16.1. The molecule has 0 spiro atoms. The number of nitrogen functional groups attached to an aromatic ring is 1. The van der Waals surface area contributed by atoms with Crippen LogP contribution in [0.2, 0.25) is 0 Å². The van der Waals surface area contributed by atoms with Crippen LogP contribution in [0.1, 0.15) is 29.3 Å². The van der Waals surface area contributed by atoms with Crippen LogP contribution >= 0.6 is 0 Å². The Hall–Kier alpha value is -2.29. The first kappa shape index (κ1) is 15.1. The molecular formula is C18H22N2O. The Labute approximate surface area is 126 Å². The van der Waals surface area contributed by atoms with E-state index in [1.54, 1.807) is 6.07 Å². The number of hydrogen-bond donors (Lipinski definition) is 1. The monoisotopic (exact) mass is 282 g/mol. The van der Waals surface area contributed by atoms with Crippen LogP contribution in [-0.4, -0.2) is 19.4 Å². The maximum Gasteiger partial charge on any atom is 0.161 e. The van der Waals surface area contributed by atoms with Crippen molar-refractivity contribution >= 4 is 17.2 Å². The topological polar surface area (TPSA) is 46.3 Å². The van der Waals surface area contributed by atoms with E-state index in [1.807, 2.05) is 25.2 Å². The fourth-order valence-corrected chi connectivity index (χ4v) is 2.40. The largest absolute Gasteiger partial charge is 0.398 e. The van der Waals surface area contributed by atoms with Gasteiger partial charge in [0.2, 0.25) is 0 Å². The SMILES string of the molecule is CC(=O)c1ccc(N(C)CCCc2ccccc2)cc1N. The summed E-state index contributed by atoms with van der Waals surface area (Å²) < 4.78 is 0. The minimum Gasteiger partial charge on any atom is -0.398 e. The van der Waals surface area contributed by atoms with Crippen LogP contribution in [0.25, 0.3) is 0 Å². The number of carbonyl (C=O) groups excluding carboxylic acids is 1. The molecule has 0 heterocycles. The predicted molar refractivity (Wildman–Crippen MR) is 88.9 cm³/mol. The highest BCUT2D eigenvalue weighted by atomic mass is 16.1. The van der Waals surface area contributed by atoms with Crippen molar-refractivity contribution in [2.45, 2.75) is 19.8 Å². The van der Waals surface area contributed by atoms with E-state index < -0.39 is 0 Å². The van der Waals surface area contributed by atoms with Gasteiger partial charge in [-0.25, -0.2) is 0 Å². The number of hydrogen-bond acceptors (Lipinski definition) is 3. The third kappa shape index (κ3) is 4.09. The van der Waals surface area contributed by atoms with Crippen molar-refractivity contribution in [1.29, 1.82) is 0 Å². The van der Waals surface area contributed by atoms with Gasteiger partial charge in [-0.05, 0) is 43.5 Å². The van der Waals surface area contributed by atoms with E-state index in [4.69, 9.17) is 5.73 Å². The summed E-state index contributed by atoms with van der Waals surface area (Å²) in [5, 5.41) is 0. The highest BCUT2D eigenvalue weighted by Gasteiger charge is 2.07. The molecule has 2 aromatic carbocycles. The Bertz CT molecular complexity index is 608. The fourth-order valence-electron chi connectivity index (χ4n) is 2.40. The molecule has 0 atom stereocenters. The van der Waals surface area contributed by atoms with Crippen molar-refractivity contribution in [2.75, 3.05) is 24.2 Å². The quantitative estimate of drug-likeness (QED) is 0.651. The van der Waals surface area contributed by atoms with Crippen molar-refractivity contribution in [3.63, 3.8) is 0 Å². The van der Waals surface area contributed by atoms with Gasteiger partial charge in [-0.2, -0.15) is 0 Å². The molecule has 0 radical (unpaired) electrons. The number of ketones is 1. The number of aryl methyl sites for hydroxylation is 1. The number of benzene rings is 2. The number of nitrogens with two attached hydrogens (primary N) is 1. The average Bonchev–Trinajstić information content (AvgIpc) is 2.47. The molecule has 0 aliphatic carbocycles. The summed E-state index contributed by atoms with van der Waals surface area (Å²) in [4.78, 5) is 13.6. The van der Waals surface area contributed by atoms with E-state index in [0.717, 1.165) is 25.1 Å². The van der Waals surface area contributed by atoms with Gasteiger partial charge in [0.05, 0.1) is 0 Å². The summed E-state index contributed by atoms with van der Waals surface area (Å²) in [7, 11) is 2.05. The van der Waals surface area contributed by atoms with Crippen LogP contribution in [0.15, 0.2) is 48.5 Å². The Morgan fingerprint density at radius 1 is 1.14 bits per heavy atom. The van der Waals surface area contributed by atoms with Gasteiger partial charge in [-0.3, -0.25) is 4.79 Å². The van der Waals surface area contributed by atoms with Crippen LogP contribution in [0.3, 0.4) is 0 Å². The van der Waals surface area contributed by atoms with Crippen molar-refractivity contribution < 1.29 is 4.79 Å². The van der Waals surface area contributed by atoms with Crippen molar-refractivity contribution in [2.24, 2.45) is 0 Å². The third-order valence-corrected chi connectivity index (χ3v) is 3.66. The van der Waals surface area contributed by atoms with Crippen LogP contribution in [0.4, 0.5) is 11.4 Å². The molecule has 0 aromatic heterocycles. The van der Waals surface area contributed by atoms with E-state index in [2.05, 4.69) is 29.2 Å². The van der Waals surface area contributed by atoms with Gasteiger partial charge in [0.15, 0.2) is 5.78 Å². The molecule has 0 fully saturated rings. The van der Waals surface area contributed by atoms with Gasteiger partial charge >= 0.3 is 0 Å². The van der Waals surface area contributed by atoms with Gasteiger partial charge in [-0.1, -0.05) is 30.3 Å². The summed E-state index contributed by atoms with van der Waals surface area (Å²) in [6.07, 6.45) is 2.14. The lowest BCUT2D eigenvalue weighted by Crippen LogP contribution is -2.19. The molecule has 0 saturated heterocycles. The predicted octanol–water partition coefficient (Wildman–Crippen LogP) is 3.54. The second-order valence-corrected chi connectivity index (χ2v) is 5.34. The van der Waals surface area contributed by atoms with E-state index in [1.165, 1.54) is 12.5 Å². The molecule has 0 bridgehead atoms. The molecule has 0 saturated carbocycles. The fraction of sp³-hybridized carbons (Fsp3) is 0.278. The molecule has 3 nitrogen and oxygen atoms in total. The third-order valence-electron chi connectivity index (χ3n) is 3.66. The number of Topliss-reactive ketones (excluding diaryl/α,β-unsaturated/α-hetero) is 1. The molecule has 2 N–H and O–H groups in total. The number of rotatable bonds is 6. The summed E-state index contributed by atoms with van der Waals surface area (Å²) in [5.41, 5.74) is 9.48. The first-order valence-corrected chi connectivity index (χ1v) is 7.23. The minimum atomic E-state index is 0.00535. The maximum absolute atomic E-state index is 11.4. The summed E-state index contributed by atoms with van der Waals surface area (Å²) in [6.45, 7) is 2.49. The smallest absolute Gasteiger partial charge is 0.161 e. The van der Waals surface area contributed by atoms with Crippen LogP contribution < -0.4 is 10.6 Å². The first-order valence-electron chi connectivity index (χ1n) is 7.23. The second-order valence-electron chi connectivity index (χ2n) is 5.34. The van der Waals surface area contributed by atoms with Crippen LogP contribution in [0.5, 0.6) is 0 Å². The van der Waals surface area contributed by atoms with E-state index in [0.29, 0.717) is 11.3 Å². The number of anilines is 2. The van der Waals surface area contributed by atoms with Gasteiger partial charge in [-0.15, -0.1) is 0 Å².